The highest BCUT2D eigenvalue weighted by Crippen LogP contribution is 2.15. The molecule has 2 N–H and O–H groups in total. The summed E-state index contributed by atoms with van der Waals surface area (Å²) in [7, 11) is 0. The second-order valence-electron chi connectivity index (χ2n) is 3.87. The van der Waals surface area contributed by atoms with Gasteiger partial charge >= 0.3 is 0 Å². The van der Waals surface area contributed by atoms with Crippen LogP contribution in [0.4, 0.5) is 0 Å². The maximum absolute atomic E-state index is 9.25. The zero-order valence-electron chi connectivity index (χ0n) is 9.02. The van der Waals surface area contributed by atoms with Crippen LogP contribution in [-0.4, -0.2) is 22.4 Å². The van der Waals surface area contributed by atoms with E-state index in [-0.39, 0.29) is 12.2 Å². The smallest absolute Gasteiger partial charge is 0.0718 e. The van der Waals surface area contributed by atoms with Crippen molar-refractivity contribution in [1.29, 1.82) is 0 Å². The molecule has 14 heavy (non-hydrogen) atoms. The summed E-state index contributed by atoms with van der Waals surface area (Å²) < 4.78 is 0. The van der Waals surface area contributed by atoms with Crippen molar-refractivity contribution in [1.82, 2.24) is 0 Å². The minimum Gasteiger partial charge on any atom is -0.389 e. The number of hydrogen-bond donors (Lipinski definition) is 2. The minimum atomic E-state index is -0.387. The van der Waals surface area contributed by atoms with Gasteiger partial charge in [0, 0.05) is 0 Å². The Balaban J connectivity index is 3.49. The molecule has 2 atom stereocenters. The van der Waals surface area contributed by atoms with Crippen molar-refractivity contribution >= 4 is 0 Å². The Morgan fingerprint density at radius 1 is 0.929 bits per heavy atom. The number of aliphatic hydroxyl groups excluding tert-OH is 2. The molecule has 0 heterocycles. The Bertz CT molecular complexity index is 148. The van der Waals surface area contributed by atoms with Gasteiger partial charge in [-0.2, -0.15) is 0 Å². The van der Waals surface area contributed by atoms with Gasteiger partial charge in [-0.25, -0.2) is 0 Å². The largest absolute Gasteiger partial charge is 0.389 e. The summed E-state index contributed by atoms with van der Waals surface area (Å²) >= 11 is 0. The second kappa shape index (κ2) is 7.77. The molecule has 0 aromatic carbocycles. The average molecular weight is 198 g/mol. The maximum Gasteiger partial charge on any atom is 0.0718 e. The van der Waals surface area contributed by atoms with Gasteiger partial charge in [0.1, 0.15) is 0 Å². The third-order valence-electron chi connectivity index (χ3n) is 2.45. The zero-order chi connectivity index (χ0) is 11.0. The Labute approximate surface area is 87.0 Å². The van der Waals surface area contributed by atoms with Crippen molar-refractivity contribution in [2.24, 2.45) is 5.92 Å². The van der Waals surface area contributed by atoms with Gasteiger partial charge in [0.15, 0.2) is 0 Å². The molecule has 2 nitrogen and oxygen atoms in total. The molecule has 0 amide bonds. The highest BCUT2D eigenvalue weighted by atomic mass is 16.3. The lowest BCUT2D eigenvalue weighted by atomic mass is 9.96. The lowest BCUT2D eigenvalue weighted by molar-refractivity contribution is 0.185. The fourth-order valence-electron chi connectivity index (χ4n) is 1.29. The summed E-state index contributed by atoms with van der Waals surface area (Å²) in [6.07, 6.45) is 5.80. The Kier molecular flexibility index (Phi) is 7.44. The van der Waals surface area contributed by atoms with Crippen LogP contribution in [0, 0.1) is 5.92 Å². The zero-order valence-corrected chi connectivity index (χ0v) is 9.02. The molecule has 0 saturated heterocycles. The van der Waals surface area contributed by atoms with E-state index in [0.29, 0.717) is 5.92 Å². The van der Waals surface area contributed by atoms with E-state index in [4.69, 9.17) is 0 Å². The Hall–Kier alpha value is -0.600. The van der Waals surface area contributed by atoms with E-state index in [2.05, 4.69) is 20.1 Å². The van der Waals surface area contributed by atoms with Gasteiger partial charge in [-0.3, -0.25) is 0 Å². The lowest BCUT2D eigenvalue weighted by Gasteiger charge is -2.13. The van der Waals surface area contributed by atoms with E-state index in [1.54, 1.807) is 12.2 Å². The van der Waals surface area contributed by atoms with Gasteiger partial charge in [-0.1, -0.05) is 19.1 Å². The summed E-state index contributed by atoms with van der Waals surface area (Å²) in [6, 6.07) is 0. The lowest BCUT2D eigenvalue weighted by Crippen LogP contribution is -2.08. The normalized spacial score (nSPS) is 17.1. The van der Waals surface area contributed by atoms with Crippen molar-refractivity contribution < 1.29 is 10.2 Å². The first-order valence-corrected chi connectivity index (χ1v) is 5.21. The molecule has 0 spiro atoms. The van der Waals surface area contributed by atoms with Crippen LogP contribution in [0.1, 0.15) is 32.6 Å². The molecular weight excluding hydrogens is 176 g/mol. The van der Waals surface area contributed by atoms with Crippen LogP contribution < -0.4 is 0 Å². The molecule has 82 valence electrons. The molecule has 2 unspecified atom stereocenters. The molecule has 0 radical (unpaired) electrons. The van der Waals surface area contributed by atoms with E-state index >= 15 is 0 Å². The van der Waals surface area contributed by atoms with E-state index in [0.717, 1.165) is 25.7 Å². The fourth-order valence-corrected chi connectivity index (χ4v) is 1.29. The van der Waals surface area contributed by atoms with Crippen LogP contribution in [0.5, 0.6) is 0 Å². The molecule has 0 aromatic rings. The molecule has 0 fully saturated rings. The predicted molar refractivity (Wildman–Crippen MR) is 60.0 cm³/mol. The van der Waals surface area contributed by atoms with Crippen LogP contribution in [0.3, 0.4) is 0 Å². The van der Waals surface area contributed by atoms with Crippen molar-refractivity contribution in [3.63, 3.8) is 0 Å². The molecule has 0 aromatic heterocycles. The van der Waals surface area contributed by atoms with Gasteiger partial charge in [0.2, 0.25) is 0 Å². The van der Waals surface area contributed by atoms with Crippen molar-refractivity contribution in [2.75, 3.05) is 0 Å². The van der Waals surface area contributed by atoms with E-state index in [9.17, 15) is 10.2 Å². The van der Waals surface area contributed by atoms with E-state index < -0.39 is 0 Å². The highest BCUT2D eigenvalue weighted by molar-refractivity contribution is 4.80. The summed E-state index contributed by atoms with van der Waals surface area (Å²) in [4.78, 5) is 0. The van der Waals surface area contributed by atoms with Crippen LogP contribution >= 0.6 is 0 Å². The number of aliphatic hydroxyl groups is 2. The Morgan fingerprint density at radius 3 is 1.57 bits per heavy atom. The van der Waals surface area contributed by atoms with Crippen molar-refractivity contribution in [3.8, 4) is 0 Å². The van der Waals surface area contributed by atoms with E-state index in [1.807, 2.05) is 0 Å². The first-order valence-electron chi connectivity index (χ1n) is 5.21. The maximum atomic E-state index is 9.25. The topological polar surface area (TPSA) is 40.5 Å². The van der Waals surface area contributed by atoms with Crippen LogP contribution in [0.2, 0.25) is 0 Å². The fraction of sp³-hybridized carbons (Fsp3) is 0.667. The van der Waals surface area contributed by atoms with Crippen LogP contribution in [-0.2, 0) is 0 Å². The first-order chi connectivity index (χ1) is 6.60. The molecular formula is C12H22O2. The van der Waals surface area contributed by atoms with Gasteiger partial charge in [0.25, 0.3) is 0 Å². The van der Waals surface area contributed by atoms with Crippen LogP contribution in [0.25, 0.3) is 0 Å². The second-order valence-corrected chi connectivity index (χ2v) is 3.87. The molecule has 0 bridgehead atoms. The SMILES string of the molecule is C=CC(O)CCC(C)CCC(O)C=C. The minimum absolute atomic E-state index is 0.387. The van der Waals surface area contributed by atoms with Crippen molar-refractivity contribution in [3.05, 3.63) is 25.3 Å². The summed E-state index contributed by atoms with van der Waals surface area (Å²) in [5.41, 5.74) is 0. The van der Waals surface area contributed by atoms with Gasteiger partial charge < -0.3 is 10.2 Å². The molecule has 0 aliphatic heterocycles. The third kappa shape index (κ3) is 6.87. The van der Waals surface area contributed by atoms with Gasteiger partial charge in [-0.05, 0) is 31.6 Å². The monoisotopic (exact) mass is 198 g/mol. The summed E-state index contributed by atoms with van der Waals surface area (Å²) in [6.45, 7) is 9.18. The van der Waals surface area contributed by atoms with Gasteiger partial charge in [0.05, 0.1) is 12.2 Å². The van der Waals surface area contributed by atoms with Crippen LogP contribution in [0.15, 0.2) is 25.3 Å². The standard InChI is InChI=1S/C12H22O2/c1-4-11(13)8-6-10(3)7-9-12(14)5-2/h4-5,10-14H,1-2,6-9H2,3H3. The highest BCUT2D eigenvalue weighted by Gasteiger charge is 2.07. The summed E-state index contributed by atoms with van der Waals surface area (Å²) in [5.74, 6) is 0.527. The first kappa shape index (κ1) is 13.4. The quantitative estimate of drug-likeness (QED) is 0.587. The average Bonchev–Trinajstić information content (AvgIpc) is 2.22. The summed E-state index contributed by atoms with van der Waals surface area (Å²) in [5, 5.41) is 18.5. The molecule has 0 aliphatic carbocycles. The number of rotatable bonds is 8. The number of hydrogen-bond acceptors (Lipinski definition) is 2. The molecule has 0 saturated carbocycles. The molecule has 2 heteroatoms. The van der Waals surface area contributed by atoms with Gasteiger partial charge in [-0.15, -0.1) is 13.2 Å². The van der Waals surface area contributed by atoms with E-state index in [1.165, 1.54) is 0 Å². The van der Waals surface area contributed by atoms with Crippen molar-refractivity contribution in [2.45, 2.75) is 44.8 Å². The molecule has 0 rings (SSSR count). The third-order valence-corrected chi connectivity index (χ3v) is 2.45. The Morgan fingerprint density at radius 2 is 1.29 bits per heavy atom. The molecule has 0 aliphatic rings. The predicted octanol–water partition coefficient (Wildman–Crippen LogP) is 2.28.